The molecule has 0 amide bonds. The Labute approximate surface area is 133 Å². The number of hydrogen-bond acceptors (Lipinski definition) is 3. The molecule has 0 fully saturated rings. The Bertz CT molecular complexity index is 607. The molecule has 0 saturated heterocycles. The van der Waals surface area contributed by atoms with Crippen LogP contribution in [0, 0.1) is 0 Å². The van der Waals surface area contributed by atoms with Crippen LogP contribution in [0.4, 0.5) is 11.4 Å². The Morgan fingerprint density at radius 3 is 2.36 bits per heavy atom. The molecule has 1 aromatic rings. The summed E-state index contributed by atoms with van der Waals surface area (Å²) < 4.78 is 27.1. The predicted octanol–water partition coefficient (Wildman–Crippen LogP) is 3.21. The number of anilines is 2. The summed E-state index contributed by atoms with van der Waals surface area (Å²) >= 11 is 0. The Kier molecular flexibility index (Phi) is 5.85. The van der Waals surface area contributed by atoms with E-state index in [0.717, 1.165) is 23.0 Å². The van der Waals surface area contributed by atoms with Gasteiger partial charge in [-0.05, 0) is 56.4 Å². The summed E-state index contributed by atoms with van der Waals surface area (Å²) in [4.78, 5) is 0. The van der Waals surface area contributed by atoms with Crippen LogP contribution in [-0.4, -0.2) is 33.4 Å². The van der Waals surface area contributed by atoms with Gasteiger partial charge in [-0.25, -0.2) is 0 Å². The van der Waals surface area contributed by atoms with Crippen molar-refractivity contribution >= 4 is 21.6 Å². The first kappa shape index (κ1) is 16.8. The van der Waals surface area contributed by atoms with Crippen molar-refractivity contribution in [2.24, 2.45) is 0 Å². The van der Waals surface area contributed by atoms with E-state index >= 15 is 0 Å². The van der Waals surface area contributed by atoms with Gasteiger partial charge >= 0.3 is 10.2 Å². The lowest BCUT2D eigenvalue weighted by Crippen LogP contribution is -2.28. The summed E-state index contributed by atoms with van der Waals surface area (Å²) in [6, 6.07) is 7.32. The molecule has 22 heavy (non-hydrogen) atoms. The lowest BCUT2D eigenvalue weighted by Gasteiger charge is -2.15. The van der Waals surface area contributed by atoms with Crippen LogP contribution in [0.2, 0.25) is 0 Å². The van der Waals surface area contributed by atoms with Gasteiger partial charge in [-0.15, -0.1) is 0 Å². The zero-order valence-electron chi connectivity index (χ0n) is 13.3. The molecule has 0 unspecified atom stereocenters. The molecular formula is C16H25N3O2S. The zero-order valence-corrected chi connectivity index (χ0v) is 14.1. The van der Waals surface area contributed by atoms with Gasteiger partial charge in [-0.1, -0.05) is 11.6 Å². The number of nitrogens with one attached hydrogen (secondary N) is 2. The molecule has 0 saturated carbocycles. The van der Waals surface area contributed by atoms with Gasteiger partial charge in [-0.2, -0.15) is 12.7 Å². The van der Waals surface area contributed by atoms with Gasteiger partial charge in [0.1, 0.15) is 0 Å². The molecule has 0 aromatic heterocycles. The van der Waals surface area contributed by atoms with Crippen molar-refractivity contribution in [3.63, 3.8) is 0 Å². The Balaban J connectivity index is 1.83. The summed E-state index contributed by atoms with van der Waals surface area (Å²) in [5.41, 5.74) is 3.12. The molecule has 6 heteroatoms. The van der Waals surface area contributed by atoms with Gasteiger partial charge in [0.05, 0.1) is 0 Å². The second-order valence-electron chi connectivity index (χ2n) is 5.75. The van der Waals surface area contributed by atoms with E-state index in [9.17, 15) is 8.42 Å². The topological polar surface area (TPSA) is 61.4 Å². The fourth-order valence-corrected chi connectivity index (χ4v) is 3.01. The van der Waals surface area contributed by atoms with Crippen molar-refractivity contribution in [1.29, 1.82) is 0 Å². The maximum Gasteiger partial charge on any atom is 0.301 e. The van der Waals surface area contributed by atoms with Gasteiger partial charge in [-0.3, -0.25) is 4.72 Å². The minimum Gasteiger partial charge on any atom is -0.385 e. The average molecular weight is 323 g/mol. The molecule has 2 N–H and O–H groups in total. The molecule has 0 atom stereocenters. The standard InChI is InChI=1S/C16H25N3O2S/c1-19(2)22(20,21)18-16-10-8-15(9-11-16)17-13-12-14-6-4-3-5-7-14/h6,8-11,17-18H,3-5,7,12-13H2,1-2H3. The van der Waals surface area contributed by atoms with Crippen molar-refractivity contribution in [2.75, 3.05) is 30.7 Å². The molecular weight excluding hydrogens is 298 g/mol. The number of benzene rings is 1. The van der Waals surface area contributed by atoms with Crippen LogP contribution in [0.15, 0.2) is 35.9 Å². The van der Waals surface area contributed by atoms with Crippen molar-refractivity contribution in [1.82, 2.24) is 4.31 Å². The lowest BCUT2D eigenvalue weighted by atomic mass is 9.97. The maximum atomic E-state index is 11.7. The van der Waals surface area contributed by atoms with E-state index in [2.05, 4.69) is 16.1 Å². The fraction of sp³-hybridized carbons (Fsp3) is 0.500. The smallest absolute Gasteiger partial charge is 0.301 e. The molecule has 122 valence electrons. The van der Waals surface area contributed by atoms with Crippen LogP contribution in [0.3, 0.4) is 0 Å². The van der Waals surface area contributed by atoms with Gasteiger partial charge < -0.3 is 5.32 Å². The van der Waals surface area contributed by atoms with Gasteiger partial charge in [0.15, 0.2) is 0 Å². The Morgan fingerprint density at radius 2 is 1.77 bits per heavy atom. The molecule has 0 heterocycles. The van der Waals surface area contributed by atoms with Crippen molar-refractivity contribution < 1.29 is 8.42 Å². The highest BCUT2D eigenvalue weighted by Gasteiger charge is 2.12. The quantitative estimate of drug-likeness (QED) is 0.758. The van der Waals surface area contributed by atoms with Crippen molar-refractivity contribution in [3.8, 4) is 0 Å². The largest absolute Gasteiger partial charge is 0.385 e. The van der Waals surface area contributed by atoms with E-state index in [1.807, 2.05) is 12.1 Å². The molecule has 1 aromatic carbocycles. The molecule has 0 spiro atoms. The van der Waals surface area contributed by atoms with E-state index < -0.39 is 10.2 Å². The summed E-state index contributed by atoms with van der Waals surface area (Å²) in [6.45, 7) is 0.911. The molecule has 1 aliphatic carbocycles. The average Bonchev–Trinajstić information content (AvgIpc) is 2.50. The van der Waals surface area contributed by atoms with Gasteiger partial charge in [0, 0.05) is 32.0 Å². The Hall–Kier alpha value is -1.53. The third-order valence-corrected chi connectivity index (χ3v) is 5.23. The fourth-order valence-electron chi connectivity index (χ4n) is 2.40. The summed E-state index contributed by atoms with van der Waals surface area (Å²) in [6.07, 6.45) is 8.52. The van der Waals surface area contributed by atoms with E-state index in [-0.39, 0.29) is 0 Å². The first-order valence-corrected chi connectivity index (χ1v) is 9.13. The normalized spacial score (nSPS) is 15.5. The van der Waals surface area contributed by atoms with E-state index in [1.54, 1.807) is 17.7 Å². The monoisotopic (exact) mass is 323 g/mol. The molecule has 2 rings (SSSR count). The summed E-state index contributed by atoms with van der Waals surface area (Å²) in [5, 5.41) is 3.38. The zero-order chi connectivity index (χ0) is 16.0. The minimum atomic E-state index is -3.44. The maximum absolute atomic E-state index is 11.7. The first-order valence-electron chi connectivity index (χ1n) is 7.69. The minimum absolute atomic E-state index is 0.564. The molecule has 0 bridgehead atoms. The van der Waals surface area contributed by atoms with Crippen LogP contribution in [0.25, 0.3) is 0 Å². The van der Waals surface area contributed by atoms with Crippen LogP contribution >= 0.6 is 0 Å². The summed E-state index contributed by atoms with van der Waals surface area (Å²) in [5.74, 6) is 0. The molecule has 5 nitrogen and oxygen atoms in total. The summed E-state index contributed by atoms with van der Waals surface area (Å²) in [7, 11) is -0.444. The number of hydrogen-bond donors (Lipinski definition) is 2. The highest BCUT2D eigenvalue weighted by molar-refractivity contribution is 7.90. The highest BCUT2D eigenvalue weighted by atomic mass is 32.2. The third kappa shape index (κ3) is 5.03. The van der Waals surface area contributed by atoms with Gasteiger partial charge in [0.2, 0.25) is 0 Å². The second kappa shape index (κ2) is 7.65. The van der Waals surface area contributed by atoms with Crippen LogP contribution in [0.5, 0.6) is 0 Å². The van der Waals surface area contributed by atoms with Gasteiger partial charge in [0.25, 0.3) is 0 Å². The van der Waals surface area contributed by atoms with Crippen LogP contribution in [0.1, 0.15) is 32.1 Å². The predicted molar refractivity (Wildman–Crippen MR) is 92.3 cm³/mol. The molecule has 0 aliphatic heterocycles. The van der Waals surface area contributed by atoms with E-state index in [0.29, 0.717) is 5.69 Å². The second-order valence-corrected chi connectivity index (χ2v) is 7.64. The van der Waals surface area contributed by atoms with Crippen molar-refractivity contribution in [3.05, 3.63) is 35.9 Å². The molecule has 1 aliphatic rings. The van der Waals surface area contributed by atoms with Crippen molar-refractivity contribution in [2.45, 2.75) is 32.1 Å². The van der Waals surface area contributed by atoms with E-state index in [4.69, 9.17) is 0 Å². The highest BCUT2D eigenvalue weighted by Crippen LogP contribution is 2.20. The SMILES string of the molecule is CN(C)S(=O)(=O)Nc1ccc(NCCC2=CCCCC2)cc1. The Morgan fingerprint density at radius 1 is 1.09 bits per heavy atom. The van der Waals surface area contributed by atoms with Crippen LogP contribution in [-0.2, 0) is 10.2 Å². The molecule has 0 radical (unpaired) electrons. The number of nitrogens with zero attached hydrogens (tertiary/aromatic N) is 1. The lowest BCUT2D eigenvalue weighted by molar-refractivity contribution is 0.527. The van der Waals surface area contributed by atoms with Crippen LogP contribution < -0.4 is 10.0 Å². The third-order valence-electron chi connectivity index (χ3n) is 3.77. The number of rotatable bonds is 7. The number of allylic oxidation sites excluding steroid dienone is 1. The van der Waals surface area contributed by atoms with E-state index in [1.165, 1.54) is 39.8 Å². The first-order chi connectivity index (χ1) is 10.5.